The van der Waals surface area contributed by atoms with E-state index in [1.165, 1.54) is 30.1 Å². The van der Waals surface area contributed by atoms with Crippen LogP contribution >= 0.6 is 23.4 Å². The summed E-state index contributed by atoms with van der Waals surface area (Å²) in [5, 5.41) is 16.1. The van der Waals surface area contributed by atoms with Crippen molar-refractivity contribution in [2.45, 2.75) is 11.7 Å². The third kappa shape index (κ3) is 5.57. The van der Waals surface area contributed by atoms with E-state index in [4.69, 9.17) is 11.6 Å². The molecule has 10 heteroatoms. The van der Waals surface area contributed by atoms with Gasteiger partial charge in [-0.25, -0.2) is 10.4 Å². The molecular weight excluding hydrogens is 462 g/mol. The minimum atomic E-state index is -0.485. The van der Waals surface area contributed by atoms with Gasteiger partial charge < -0.3 is 4.57 Å². The number of hydrogen-bond donors (Lipinski definition) is 1. The summed E-state index contributed by atoms with van der Waals surface area (Å²) in [6.07, 6.45) is 1.36. The maximum atomic E-state index is 12.3. The van der Waals surface area contributed by atoms with E-state index in [9.17, 15) is 14.9 Å². The van der Waals surface area contributed by atoms with Crippen molar-refractivity contribution in [3.8, 4) is 0 Å². The number of aromatic nitrogens is 2. The second-order valence-corrected chi connectivity index (χ2v) is 8.34. The van der Waals surface area contributed by atoms with E-state index in [0.29, 0.717) is 22.3 Å². The van der Waals surface area contributed by atoms with Gasteiger partial charge in [-0.15, -0.1) is 0 Å². The molecule has 1 aromatic heterocycles. The molecule has 33 heavy (non-hydrogen) atoms. The van der Waals surface area contributed by atoms with E-state index in [2.05, 4.69) is 15.5 Å². The monoisotopic (exact) mass is 479 g/mol. The maximum absolute atomic E-state index is 12.3. The second-order valence-electron chi connectivity index (χ2n) is 6.99. The van der Waals surface area contributed by atoms with Gasteiger partial charge in [-0.05, 0) is 23.8 Å². The molecule has 0 spiro atoms. The molecule has 8 nitrogen and oxygen atoms in total. The van der Waals surface area contributed by atoms with Crippen LogP contribution in [0.15, 0.2) is 83.1 Å². The van der Waals surface area contributed by atoms with Gasteiger partial charge in [0.1, 0.15) is 0 Å². The van der Waals surface area contributed by atoms with Gasteiger partial charge in [0.05, 0.1) is 34.5 Å². The van der Waals surface area contributed by atoms with Gasteiger partial charge in [-0.2, -0.15) is 5.10 Å². The summed E-state index contributed by atoms with van der Waals surface area (Å²) in [5.74, 6) is -0.226. The zero-order valence-corrected chi connectivity index (χ0v) is 18.8. The average Bonchev–Trinajstić information content (AvgIpc) is 3.17. The summed E-state index contributed by atoms with van der Waals surface area (Å²) >= 11 is 7.64. The topological polar surface area (TPSA) is 102 Å². The molecule has 166 valence electrons. The zero-order valence-electron chi connectivity index (χ0n) is 17.2. The summed E-state index contributed by atoms with van der Waals surface area (Å²) in [6, 6.07) is 21.4. The van der Waals surface area contributed by atoms with Crippen molar-refractivity contribution in [3.05, 3.63) is 99.1 Å². The molecule has 4 rings (SSSR count). The van der Waals surface area contributed by atoms with Crippen LogP contribution in [0.4, 0.5) is 5.69 Å². The lowest BCUT2D eigenvalue weighted by atomic mass is 10.2. The lowest BCUT2D eigenvalue weighted by molar-refractivity contribution is -0.384. The molecule has 0 saturated heterocycles. The highest BCUT2D eigenvalue weighted by Crippen LogP contribution is 2.27. The van der Waals surface area contributed by atoms with E-state index in [1.54, 1.807) is 12.1 Å². The number of rotatable bonds is 8. The fraction of sp³-hybridized carbons (Fsp3) is 0.0870. The highest BCUT2D eigenvalue weighted by molar-refractivity contribution is 7.99. The number of nitro groups is 1. The molecule has 0 bridgehead atoms. The molecule has 0 aliphatic heterocycles. The highest BCUT2D eigenvalue weighted by atomic mass is 35.5. The van der Waals surface area contributed by atoms with Crippen LogP contribution in [0.5, 0.6) is 0 Å². The number of halogens is 1. The third-order valence-corrected chi connectivity index (χ3v) is 6.07. The first-order valence-corrected chi connectivity index (χ1v) is 11.3. The fourth-order valence-electron chi connectivity index (χ4n) is 3.17. The van der Waals surface area contributed by atoms with E-state index < -0.39 is 4.92 Å². The van der Waals surface area contributed by atoms with Crippen LogP contribution in [-0.2, 0) is 11.3 Å². The molecule has 0 atom stereocenters. The number of thioether (sulfide) groups is 1. The number of non-ortho nitro benzene ring substituents is 1. The quantitative estimate of drug-likeness (QED) is 0.168. The van der Waals surface area contributed by atoms with Gasteiger partial charge in [0, 0.05) is 22.7 Å². The van der Waals surface area contributed by atoms with Gasteiger partial charge >= 0.3 is 0 Å². The Morgan fingerprint density at radius 2 is 1.94 bits per heavy atom. The van der Waals surface area contributed by atoms with Crippen molar-refractivity contribution >= 4 is 52.2 Å². The Morgan fingerprint density at radius 1 is 1.15 bits per heavy atom. The summed E-state index contributed by atoms with van der Waals surface area (Å²) in [7, 11) is 0. The predicted molar refractivity (Wildman–Crippen MR) is 130 cm³/mol. The molecule has 1 heterocycles. The van der Waals surface area contributed by atoms with Crippen LogP contribution in [0.2, 0.25) is 5.02 Å². The number of hydrazone groups is 1. The minimum Gasteiger partial charge on any atom is -0.314 e. The minimum absolute atomic E-state index is 0.0433. The lowest BCUT2D eigenvalue weighted by Gasteiger charge is -2.10. The van der Waals surface area contributed by atoms with Crippen molar-refractivity contribution in [3.63, 3.8) is 0 Å². The van der Waals surface area contributed by atoms with Crippen molar-refractivity contribution in [2.24, 2.45) is 5.10 Å². The van der Waals surface area contributed by atoms with Gasteiger partial charge in [0.15, 0.2) is 5.16 Å². The number of nitrogens with zero attached hydrogens (tertiary/aromatic N) is 4. The molecule has 0 saturated carbocycles. The number of fused-ring (bicyclic) bond motifs is 1. The van der Waals surface area contributed by atoms with E-state index in [-0.39, 0.29) is 17.3 Å². The van der Waals surface area contributed by atoms with Crippen LogP contribution in [-0.4, -0.2) is 32.3 Å². The number of hydrogen-bond acceptors (Lipinski definition) is 6. The first-order chi connectivity index (χ1) is 16.0. The van der Waals surface area contributed by atoms with Crippen LogP contribution in [0.1, 0.15) is 11.1 Å². The molecule has 1 N–H and O–H groups in total. The zero-order chi connectivity index (χ0) is 23.2. The van der Waals surface area contributed by atoms with E-state index >= 15 is 0 Å². The van der Waals surface area contributed by atoms with Gasteiger partial charge in [-0.3, -0.25) is 14.9 Å². The number of nitro benzene ring substituents is 1. The number of amides is 1. The van der Waals surface area contributed by atoms with E-state index in [1.807, 2.05) is 53.1 Å². The standard InChI is InChI=1S/C23H18ClN5O3S/c24-19-9-2-1-7-17(19)14-28-21-11-4-3-10-20(21)26-23(28)33-15-22(30)27-25-13-16-6-5-8-18(12-16)29(31)32/h1-13H,14-15H2,(H,27,30)/b25-13+. The summed E-state index contributed by atoms with van der Waals surface area (Å²) in [5.41, 5.74) is 5.64. The Kier molecular flexibility index (Phi) is 7.01. The molecule has 0 fully saturated rings. The fourth-order valence-corrected chi connectivity index (χ4v) is 4.18. The second kappa shape index (κ2) is 10.3. The van der Waals surface area contributed by atoms with Crippen molar-refractivity contribution in [2.75, 3.05) is 5.75 Å². The van der Waals surface area contributed by atoms with Crippen LogP contribution in [0.25, 0.3) is 11.0 Å². The van der Waals surface area contributed by atoms with Gasteiger partial charge in [-0.1, -0.05) is 65.8 Å². The number of nitrogens with one attached hydrogen (secondary N) is 1. The SMILES string of the molecule is O=C(CSc1nc2ccccc2n1Cc1ccccc1Cl)N/N=C/c1cccc([N+](=O)[O-])c1. The molecule has 0 aliphatic rings. The van der Waals surface area contributed by atoms with Gasteiger partial charge in [0.2, 0.25) is 0 Å². The summed E-state index contributed by atoms with van der Waals surface area (Å²) in [6.45, 7) is 0.523. The van der Waals surface area contributed by atoms with E-state index in [0.717, 1.165) is 16.6 Å². The molecule has 3 aromatic carbocycles. The molecule has 0 radical (unpaired) electrons. The van der Waals surface area contributed by atoms with Gasteiger partial charge in [0.25, 0.3) is 11.6 Å². The summed E-state index contributed by atoms with van der Waals surface area (Å²) < 4.78 is 2.03. The smallest absolute Gasteiger partial charge is 0.270 e. The molecular formula is C23H18ClN5O3S. The Hall–Kier alpha value is -3.69. The Bertz CT molecular complexity index is 1350. The number of carbonyl (C=O) groups is 1. The Morgan fingerprint density at radius 3 is 2.76 bits per heavy atom. The molecule has 0 unspecified atom stereocenters. The number of imidazole rings is 1. The molecule has 0 aliphatic carbocycles. The first-order valence-electron chi connectivity index (χ1n) is 9.89. The molecule has 1 amide bonds. The number of carbonyl (C=O) groups excluding carboxylic acids is 1. The highest BCUT2D eigenvalue weighted by Gasteiger charge is 2.14. The predicted octanol–water partition coefficient (Wildman–Crippen LogP) is 4.89. The van der Waals surface area contributed by atoms with Crippen LogP contribution in [0, 0.1) is 10.1 Å². The third-order valence-electron chi connectivity index (χ3n) is 4.72. The largest absolute Gasteiger partial charge is 0.314 e. The van der Waals surface area contributed by atoms with Crippen LogP contribution < -0.4 is 5.43 Å². The first kappa shape index (κ1) is 22.5. The van der Waals surface area contributed by atoms with Crippen molar-refractivity contribution < 1.29 is 9.72 Å². The number of para-hydroxylation sites is 2. The molecule has 4 aromatic rings. The maximum Gasteiger partial charge on any atom is 0.270 e. The Labute approximate surface area is 198 Å². The normalized spacial score (nSPS) is 11.2. The van der Waals surface area contributed by atoms with Crippen LogP contribution in [0.3, 0.4) is 0 Å². The average molecular weight is 480 g/mol. The Balaban J connectivity index is 1.44. The van der Waals surface area contributed by atoms with Crippen molar-refractivity contribution in [1.29, 1.82) is 0 Å². The number of benzene rings is 3. The van der Waals surface area contributed by atoms with Crippen molar-refractivity contribution in [1.82, 2.24) is 15.0 Å². The lowest BCUT2D eigenvalue weighted by Crippen LogP contribution is -2.20. The summed E-state index contributed by atoms with van der Waals surface area (Å²) in [4.78, 5) is 27.3.